The second kappa shape index (κ2) is 6.05. The van der Waals surface area contributed by atoms with E-state index in [1.165, 1.54) is 24.8 Å². The SMILES string of the molecule is CC(c1ccccc1Cl)N(C)CC1CCCC1N. The number of hydrogen-bond donors (Lipinski definition) is 1. The molecule has 3 heteroatoms. The average molecular weight is 267 g/mol. The molecule has 0 amide bonds. The van der Waals surface area contributed by atoms with Gasteiger partial charge >= 0.3 is 0 Å². The molecule has 100 valence electrons. The summed E-state index contributed by atoms with van der Waals surface area (Å²) in [6.07, 6.45) is 3.72. The van der Waals surface area contributed by atoms with Crippen LogP contribution in [0, 0.1) is 5.92 Å². The molecule has 2 rings (SSSR count). The van der Waals surface area contributed by atoms with Gasteiger partial charge in [-0.2, -0.15) is 0 Å². The molecule has 0 aliphatic heterocycles. The van der Waals surface area contributed by atoms with E-state index in [0.717, 1.165) is 11.6 Å². The molecular formula is C15H23ClN2. The van der Waals surface area contributed by atoms with Gasteiger partial charge in [-0.25, -0.2) is 0 Å². The van der Waals surface area contributed by atoms with Crippen molar-refractivity contribution >= 4 is 11.6 Å². The monoisotopic (exact) mass is 266 g/mol. The van der Waals surface area contributed by atoms with Gasteiger partial charge < -0.3 is 5.73 Å². The first-order valence-electron chi connectivity index (χ1n) is 6.80. The van der Waals surface area contributed by atoms with Crippen LogP contribution in [0.3, 0.4) is 0 Å². The second-order valence-electron chi connectivity index (χ2n) is 5.49. The van der Waals surface area contributed by atoms with Gasteiger partial charge in [0.15, 0.2) is 0 Å². The van der Waals surface area contributed by atoms with Crippen LogP contribution in [-0.2, 0) is 0 Å². The van der Waals surface area contributed by atoms with Gasteiger partial charge in [0.2, 0.25) is 0 Å². The first kappa shape index (κ1) is 13.9. The quantitative estimate of drug-likeness (QED) is 0.904. The Hall–Kier alpha value is -0.570. The smallest absolute Gasteiger partial charge is 0.0453 e. The van der Waals surface area contributed by atoms with Crippen LogP contribution in [0.25, 0.3) is 0 Å². The van der Waals surface area contributed by atoms with Gasteiger partial charge in [0, 0.05) is 23.7 Å². The average Bonchev–Trinajstić information content (AvgIpc) is 2.75. The molecule has 2 nitrogen and oxygen atoms in total. The van der Waals surface area contributed by atoms with Crippen molar-refractivity contribution in [3.05, 3.63) is 34.9 Å². The Morgan fingerprint density at radius 2 is 2.11 bits per heavy atom. The lowest BCUT2D eigenvalue weighted by atomic mass is 10.0. The molecule has 0 spiro atoms. The van der Waals surface area contributed by atoms with E-state index in [-0.39, 0.29) is 0 Å². The van der Waals surface area contributed by atoms with E-state index in [0.29, 0.717) is 18.0 Å². The molecule has 0 saturated heterocycles. The summed E-state index contributed by atoms with van der Waals surface area (Å²) in [5, 5.41) is 0.854. The Balaban J connectivity index is 2.00. The Morgan fingerprint density at radius 3 is 2.72 bits per heavy atom. The van der Waals surface area contributed by atoms with E-state index < -0.39 is 0 Å². The van der Waals surface area contributed by atoms with E-state index >= 15 is 0 Å². The van der Waals surface area contributed by atoms with Crippen molar-refractivity contribution in [2.45, 2.75) is 38.3 Å². The second-order valence-corrected chi connectivity index (χ2v) is 5.90. The molecule has 0 radical (unpaired) electrons. The Morgan fingerprint density at radius 1 is 1.39 bits per heavy atom. The maximum atomic E-state index is 6.26. The van der Waals surface area contributed by atoms with Gasteiger partial charge in [0.1, 0.15) is 0 Å². The van der Waals surface area contributed by atoms with Crippen LogP contribution in [0.5, 0.6) is 0 Å². The molecular weight excluding hydrogens is 244 g/mol. The molecule has 1 fully saturated rings. The molecule has 0 bridgehead atoms. The third kappa shape index (κ3) is 3.05. The highest BCUT2D eigenvalue weighted by molar-refractivity contribution is 6.31. The number of nitrogens with two attached hydrogens (primary N) is 1. The van der Waals surface area contributed by atoms with Crippen LogP contribution >= 0.6 is 11.6 Å². The van der Waals surface area contributed by atoms with Crippen molar-refractivity contribution in [2.24, 2.45) is 11.7 Å². The van der Waals surface area contributed by atoms with Crippen LogP contribution in [0.2, 0.25) is 5.02 Å². The number of nitrogens with zero attached hydrogens (tertiary/aromatic N) is 1. The summed E-state index contributed by atoms with van der Waals surface area (Å²) in [4.78, 5) is 2.37. The van der Waals surface area contributed by atoms with E-state index in [9.17, 15) is 0 Å². The van der Waals surface area contributed by atoms with Gasteiger partial charge in [-0.3, -0.25) is 4.90 Å². The fourth-order valence-corrected chi connectivity index (χ4v) is 3.17. The van der Waals surface area contributed by atoms with E-state index in [4.69, 9.17) is 17.3 Å². The minimum Gasteiger partial charge on any atom is -0.327 e. The Bertz CT molecular complexity index is 394. The predicted octanol–water partition coefficient (Wildman–Crippen LogP) is 3.46. The summed E-state index contributed by atoms with van der Waals surface area (Å²) in [7, 11) is 2.17. The van der Waals surface area contributed by atoms with Crippen LogP contribution in [0.4, 0.5) is 0 Å². The van der Waals surface area contributed by atoms with E-state index in [1.54, 1.807) is 0 Å². The zero-order valence-corrected chi connectivity index (χ0v) is 12.0. The van der Waals surface area contributed by atoms with Crippen molar-refractivity contribution in [3.63, 3.8) is 0 Å². The molecule has 1 aromatic carbocycles. The van der Waals surface area contributed by atoms with Crippen molar-refractivity contribution in [1.29, 1.82) is 0 Å². The largest absolute Gasteiger partial charge is 0.327 e. The van der Waals surface area contributed by atoms with Crippen LogP contribution in [0.1, 0.15) is 37.8 Å². The van der Waals surface area contributed by atoms with Crippen LogP contribution < -0.4 is 5.73 Å². The summed E-state index contributed by atoms with van der Waals surface area (Å²) < 4.78 is 0. The fraction of sp³-hybridized carbons (Fsp3) is 0.600. The Labute approximate surface area is 115 Å². The summed E-state index contributed by atoms with van der Waals surface area (Å²) in [6, 6.07) is 8.82. The van der Waals surface area contributed by atoms with Crippen LogP contribution in [0.15, 0.2) is 24.3 Å². The summed E-state index contributed by atoms with van der Waals surface area (Å²) in [5.41, 5.74) is 7.35. The first-order valence-corrected chi connectivity index (χ1v) is 7.17. The van der Waals surface area contributed by atoms with Crippen molar-refractivity contribution in [2.75, 3.05) is 13.6 Å². The maximum absolute atomic E-state index is 6.26. The minimum atomic E-state index is 0.339. The highest BCUT2D eigenvalue weighted by atomic mass is 35.5. The maximum Gasteiger partial charge on any atom is 0.0453 e. The summed E-state index contributed by atoms with van der Waals surface area (Å²) >= 11 is 6.26. The Kier molecular flexibility index (Phi) is 4.66. The van der Waals surface area contributed by atoms with Gasteiger partial charge in [-0.05, 0) is 44.4 Å². The molecule has 2 N–H and O–H groups in total. The fourth-order valence-electron chi connectivity index (χ4n) is 2.87. The summed E-state index contributed by atoms with van der Waals surface area (Å²) in [6.45, 7) is 3.27. The molecule has 1 aliphatic rings. The molecule has 18 heavy (non-hydrogen) atoms. The lowest BCUT2D eigenvalue weighted by Gasteiger charge is -2.29. The molecule has 3 unspecified atom stereocenters. The molecule has 1 saturated carbocycles. The zero-order chi connectivity index (χ0) is 13.1. The molecule has 1 aliphatic carbocycles. The molecule has 1 aromatic rings. The third-order valence-corrected chi connectivity index (χ3v) is 4.60. The van der Waals surface area contributed by atoms with Gasteiger partial charge in [-0.15, -0.1) is 0 Å². The third-order valence-electron chi connectivity index (χ3n) is 4.26. The van der Waals surface area contributed by atoms with Crippen molar-refractivity contribution in [3.8, 4) is 0 Å². The van der Waals surface area contributed by atoms with E-state index in [1.807, 2.05) is 18.2 Å². The standard InChI is InChI=1S/C15H23ClN2/c1-11(13-7-3-4-8-14(13)16)18(2)10-12-6-5-9-15(12)17/h3-4,7-8,11-12,15H,5-6,9-10,17H2,1-2H3. The normalized spacial score (nSPS) is 25.6. The van der Waals surface area contributed by atoms with Crippen molar-refractivity contribution in [1.82, 2.24) is 4.90 Å². The lowest BCUT2D eigenvalue weighted by Crippen LogP contribution is -2.35. The zero-order valence-electron chi connectivity index (χ0n) is 11.3. The molecule has 0 heterocycles. The minimum absolute atomic E-state index is 0.339. The summed E-state index contributed by atoms with van der Waals surface area (Å²) in [5.74, 6) is 0.639. The number of benzene rings is 1. The highest BCUT2D eigenvalue weighted by Crippen LogP contribution is 2.30. The van der Waals surface area contributed by atoms with E-state index in [2.05, 4.69) is 24.9 Å². The lowest BCUT2D eigenvalue weighted by molar-refractivity contribution is 0.213. The molecule has 3 atom stereocenters. The number of rotatable bonds is 4. The first-order chi connectivity index (χ1) is 8.59. The van der Waals surface area contributed by atoms with Crippen molar-refractivity contribution < 1.29 is 0 Å². The van der Waals surface area contributed by atoms with Gasteiger partial charge in [0.25, 0.3) is 0 Å². The topological polar surface area (TPSA) is 29.3 Å². The number of halogens is 1. The van der Waals surface area contributed by atoms with Gasteiger partial charge in [-0.1, -0.05) is 36.2 Å². The number of hydrogen-bond acceptors (Lipinski definition) is 2. The molecule has 0 aromatic heterocycles. The van der Waals surface area contributed by atoms with Gasteiger partial charge in [0.05, 0.1) is 0 Å². The highest BCUT2D eigenvalue weighted by Gasteiger charge is 2.26. The van der Waals surface area contributed by atoms with Crippen LogP contribution in [-0.4, -0.2) is 24.5 Å². The predicted molar refractivity (Wildman–Crippen MR) is 77.8 cm³/mol.